The fourth-order valence-electron chi connectivity index (χ4n) is 2.01. The number of methoxy groups -OCH3 is 2. The summed E-state index contributed by atoms with van der Waals surface area (Å²) < 4.78 is 20.8. The number of benzene rings is 2. The minimum absolute atomic E-state index is 0.373. The molecule has 0 spiro atoms. The average Bonchev–Trinajstić information content (AvgIpc) is 2.53. The molecule has 0 radical (unpaired) electrons. The van der Waals surface area contributed by atoms with E-state index in [1.165, 1.54) is 7.11 Å². The van der Waals surface area contributed by atoms with Crippen molar-refractivity contribution in [1.29, 1.82) is 0 Å². The molecule has 0 bridgehead atoms. The third kappa shape index (κ3) is 3.18. The summed E-state index contributed by atoms with van der Waals surface area (Å²) in [6.45, 7) is 2.61. The highest BCUT2D eigenvalue weighted by atomic mass is 16.7. The second-order valence-electron chi connectivity index (χ2n) is 4.36. The molecule has 0 unspecified atom stereocenters. The number of ether oxygens (including phenoxy) is 4. The molecule has 0 aromatic heterocycles. The van der Waals surface area contributed by atoms with Gasteiger partial charge >= 0.3 is 6.16 Å². The first-order valence-corrected chi connectivity index (χ1v) is 6.69. The van der Waals surface area contributed by atoms with Crippen molar-refractivity contribution in [3.05, 3.63) is 30.3 Å². The van der Waals surface area contributed by atoms with Gasteiger partial charge in [-0.2, -0.15) is 0 Å². The lowest BCUT2D eigenvalue weighted by molar-refractivity contribution is 0.122. The summed E-state index contributed by atoms with van der Waals surface area (Å²) in [5.74, 6) is 1.53. The minimum Gasteiger partial charge on any atom is -0.493 e. The number of hydrogen-bond acceptors (Lipinski definition) is 5. The number of carbonyl (C=O) groups is 1. The molecule has 0 N–H and O–H groups in total. The maximum absolute atomic E-state index is 11.4. The first-order chi connectivity index (χ1) is 10.2. The first kappa shape index (κ1) is 15.0. The van der Waals surface area contributed by atoms with E-state index in [-0.39, 0.29) is 0 Å². The van der Waals surface area contributed by atoms with Gasteiger partial charge in [-0.25, -0.2) is 4.79 Å². The molecular formula is C16H18O5. The zero-order valence-corrected chi connectivity index (χ0v) is 12.3. The summed E-state index contributed by atoms with van der Waals surface area (Å²) in [7, 11) is 2.81. The van der Waals surface area contributed by atoms with E-state index in [1.54, 1.807) is 13.2 Å². The predicted molar refractivity (Wildman–Crippen MR) is 79.3 cm³/mol. The standard InChI is InChI=1S/C16H18O5/c1-4-9-20-15-12-8-6-5-7-11(12)13(10-14(15)18-2)21-16(17)19-3/h5-8,10H,4,9H2,1-3H3. The van der Waals surface area contributed by atoms with Crippen LogP contribution in [0.4, 0.5) is 4.79 Å². The number of fused-ring (bicyclic) bond motifs is 1. The lowest BCUT2D eigenvalue weighted by atomic mass is 10.1. The third-order valence-electron chi connectivity index (χ3n) is 2.95. The van der Waals surface area contributed by atoms with Gasteiger partial charge in [-0.05, 0) is 6.42 Å². The van der Waals surface area contributed by atoms with Crippen LogP contribution in [0, 0.1) is 0 Å². The van der Waals surface area contributed by atoms with Crippen molar-refractivity contribution < 1.29 is 23.7 Å². The summed E-state index contributed by atoms with van der Waals surface area (Å²) in [4.78, 5) is 11.4. The van der Waals surface area contributed by atoms with Crippen molar-refractivity contribution in [2.24, 2.45) is 0 Å². The molecule has 2 aromatic carbocycles. The molecule has 0 saturated carbocycles. The van der Waals surface area contributed by atoms with Crippen molar-refractivity contribution in [1.82, 2.24) is 0 Å². The molecule has 0 atom stereocenters. The van der Waals surface area contributed by atoms with Gasteiger partial charge in [-0.3, -0.25) is 0 Å². The van der Waals surface area contributed by atoms with Crippen LogP contribution in [-0.4, -0.2) is 27.0 Å². The van der Waals surface area contributed by atoms with Crippen LogP contribution in [0.2, 0.25) is 0 Å². The van der Waals surface area contributed by atoms with Crippen LogP contribution in [0.5, 0.6) is 17.2 Å². The molecule has 0 aliphatic heterocycles. The van der Waals surface area contributed by atoms with Crippen LogP contribution in [0.1, 0.15) is 13.3 Å². The summed E-state index contributed by atoms with van der Waals surface area (Å²) in [5, 5.41) is 1.58. The monoisotopic (exact) mass is 290 g/mol. The van der Waals surface area contributed by atoms with Gasteiger partial charge < -0.3 is 18.9 Å². The van der Waals surface area contributed by atoms with Gasteiger partial charge in [0.2, 0.25) is 0 Å². The number of rotatable bonds is 5. The predicted octanol–water partition coefficient (Wildman–Crippen LogP) is 3.78. The Balaban J connectivity index is 2.58. The van der Waals surface area contributed by atoms with Gasteiger partial charge in [0.15, 0.2) is 11.5 Å². The van der Waals surface area contributed by atoms with Crippen molar-refractivity contribution >= 4 is 16.9 Å². The lowest BCUT2D eigenvalue weighted by Crippen LogP contribution is -2.08. The maximum Gasteiger partial charge on any atom is 0.513 e. The molecule has 112 valence electrons. The van der Waals surface area contributed by atoms with Gasteiger partial charge in [0.25, 0.3) is 0 Å². The van der Waals surface area contributed by atoms with E-state index in [1.807, 2.05) is 31.2 Å². The number of carbonyl (C=O) groups excluding carboxylic acids is 1. The fourth-order valence-corrected chi connectivity index (χ4v) is 2.01. The van der Waals surface area contributed by atoms with Gasteiger partial charge in [-0.15, -0.1) is 0 Å². The zero-order valence-electron chi connectivity index (χ0n) is 12.3. The topological polar surface area (TPSA) is 54.0 Å². The summed E-state index contributed by atoms with van der Waals surface area (Å²) >= 11 is 0. The molecule has 0 fully saturated rings. The largest absolute Gasteiger partial charge is 0.513 e. The van der Waals surface area contributed by atoms with Gasteiger partial charge in [0, 0.05) is 16.8 Å². The minimum atomic E-state index is -0.774. The molecular weight excluding hydrogens is 272 g/mol. The Morgan fingerprint density at radius 1 is 1.10 bits per heavy atom. The summed E-state index contributed by atoms with van der Waals surface area (Å²) in [6.07, 6.45) is 0.113. The maximum atomic E-state index is 11.4. The van der Waals surface area contributed by atoms with E-state index < -0.39 is 6.16 Å². The molecule has 5 heteroatoms. The Kier molecular flexibility index (Phi) is 4.87. The van der Waals surface area contributed by atoms with Crippen molar-refractivity contribution in [3.63, 3.8) is 0 Å². The Labute approximate surface area is 123 Å². The van der Waals surface area contributed by atoms with E-state index in [0.717, 1.165) is 17.2 Å². The Morgan fingerprint density at radius 3 is 2.43 bits per heavy atom. The molecule has 5 nitrogen and oxygen atoms in total. The van der Waals surface area contributed by atoms with E-state index in [2.05, 4.69) is 4.74 Å². The zero-order chi connectivity index (χ0) is 15.2. The smallest absolute Gasteiger partial charge is 0.493 e. The lowest BCUT2D eigenvalue weighted by Gasteiger charge is -2.15. The van der Waals surface area contributed by atoms with E-state index in [9.17, 15) is 4.79 Å². The molecule has 2 aromatic rings. The van der Waals surface area contributed by atoms with Crippen molar-refractivity contribution in [3.8, 4) is 17.2 Å². The van der Waals surface area contributed by atoms with Gasteiger partial charge in [0.05, 0.1) is 20.8 Å². The molecule has 2 rings (SSSR count). The number of hydrogen-bond donors (Lipinski definition) is 0. The second kappa shape index (κ2) is 6.83. The van der Waals surface area contributed by atoms with Crippen LogP contribution in [0.3, 0.4) is 0 Å². The van der Waals surface area contributed by atoms with Gasteiger partial charge in [-0.1, -0.05) is 31.2 Å². The highest BCUT2D eigenvalue weighted by molar-refractivity contribution is 5.96. The molecule has 0 heterocycles. The van der Waals surface area contributed by atoms with Crippen LogP contribution in [-0.2, 0) is 4.74 Å². The normalized spacial score (nSPS) is 10.2. The molecule has 21 heavy (non-hydrogen) atoms. The molecule has 0 aliphatic rings. The SMILES string of the molecule is CCCOc1c(OC)cc(OC(=O)OC)c2ccccc12. The van der Waals surface area contributed by atoms with Crippen molar-refractivity contribution in [2.45, 2.75) is 13.3 Å². The third-order valence-corrected chi connectivity index (χ3v) is 2.95. The van der Waals surface area contributed by atoms with E-state index in [0.29, 0.717) is 23.9 Å². The Bertz CT molecular complexity index is 636. The Hall–Kier alpha value is -2.43. The quantitative estimate of drug-likeness (QED) is 0.619. The fraction of sp³-hybridized carbons (Fsp3) is 0.312. The van der Waals surface area contributed by atoms with Crippen molar-refractivity contribution in [2.75, 3.05) is 20.8 Å². The summed E-state index contributed by atoms with van der Waals surface area (Å²) in [6, 6.07) is 9.13. The van der Waals surface area contributed by atoms with Crippen LogP contribution >= 0.6 is 0 Å². The van der Waals surface area contributed by atoms with E-state index >= 15 is 0 Å². The summed E-state index contributed by atoms with van der Waals surface area (Å²) in [5.41, 5.74) is 0. The Morgan fingerprint density at radius 2 is 1.81 bits per heavy atom. The highest BCUT2D eigenvalue weighted by Gasteiger charge is 2.17. The molecule has 0 saturated heterocycles. The average molecular weight is 290 g/mol. The highest BCUT2D eigenvalue weighted by Crippen LogP contribution is 2.41. The van der Waals surface area contributed by atoms with Gasteiger partial charge in [0.1, 0.15) is 5.75 Å². The van der Waals surface area contributed by atoms with Crippen LogP contribution in [0.25, 0.3) is 10.8 Å². The first-order valence-electron chi connectivity index (χ1n) is 6.69. The van der Waals surface area contributed by atoms with E-state index in [4.69, 9.17) is 14.2 Å². The molecule has 0 aliphatic carbocycles. The van der Waals surface area contributed by atoms with Crippen LogP contribution in [0.15, 0.2) is 30.3 Å². The second-order valence-corrected chi connectivity index (χ2v) is 4.36. The van der Waals surface area contributed by atoms with Crippen LogP contribution < -0.4 is 14.2 Å². The molecule has 0 amide bonds.